The third kappa shape index (κ3) is 3.94. The maximum atomic E-state index is 12.7. The van der Waals surface area contributed by atoms with E-state index in [0.29, 0.717) is 24.4 Å². The van der Waals surface area contributed by atoms with E-state index in [2.05, 4.69) is 19.2 Å². The second-order valence-electron chi connectivity index (χ2n) is 8.00. The molecule has 1 N–H and O–H groups in total. The van der Waals surface area contributed by atoms with E-state index in [9.17, 15) is 9.59 Å². The van der Waals surface area contributed by atoms with Crippen LogP contribution in [0.2, 0.25) is 0 Å². The Morgan fingerprint density at radius 3 is 2.59 bits per heavy atom. The fourth-order valence-electron chi connectivity index (χ4n) is 3.80. The maximum Gasteiger partial charge on any atom is 0.293 e. The van der Waals surface area contributed by atoms with E-state index in [4.69, 9.17) is 4.42 Å². The highest BCUT2D eigenvalue weighted by Gasteiger charge is 2.28. The number of nitrogens with one attached hydrogen (secondary N) is 1. The standard InChI is InChI=1S/C24H24N2O3/c1-24(2,18-7-4-3-5-8-18)16-22(27)25-19-11-10-17-12-13-26(20(17)15-19)23(28)21-9-6-14-29-21/h3-11,14-15H,12-13,16H2,1-2H3,(H,25,27). The summed E-state index contributed by atoms with van der Waals surface area (Å²) in [6.45, 7) is 4.73. The number of benzene rings is 2. The molecule has 29 heavy (non-hydrogen) atoms. The third-order valence-electron chi connectivity index (χ3n) is 5.40. The molecule has 1 aromatic heterocycles. The van der Waals surface area contributed by atoms with Gasteiger partial charge in [0.1, 0.15) is 0 Å². The summed E-state index contributed by atoms with van der Waals surface area (Å²) in [5, 5.41) is 2.99. The Morgan fingerprint density at radius 1 is 1.07 bits per heavy atom. The van der Waals surface area contributed by atoms with Crippen molar-refractivity contribution in [2.24, 2.45) is 0 Å². The van der Waals surface area contributed by atoms with E-state index in [1.807, 2.05) is 48.5 Å². The Hall–Kier alpha value is -3.34. The molecule has 5 heteroatoms. The van der Waals surface area contributed by atoms with Crippen molar-refractivity contribution >= 4 is 23.2 Å². The molecule has 0 saturated heterocycles. The average Bonchev–Trinajstić information content (AvgIpc) is 3.37. The summed E-state index contributed by atoms with van der Waals surface area (Å²) < 4.78 is 5.25. The van der Waals surface area contributed by atoms with Gasteiger partial charge in [-0.05, 0) is 47.2 Å². The first-order chi connectivity index (χ1) is 13.9. The molecule has 5 nitrogen and oxygen atoms in total. The average molecular weight is 388 g/mol. The monoisotopic (exact) mass is 388 g/mol. The topological polar surface area (TPSA) is 62.6 Å². The van der Waals surface area contributed by atoms with Crippen LogP contribution in [-0.2, 0) is 16.6 Å². The Morgan fingerprint density at radius 2 is 1.86 bits per heavy atom. The first-order valence-electron chi connectivity index (χ1n) is 9.78. The van der Waals surface area contributed by atoms with Crippen molar-refractivity contribution < 1.29 is 14.0 Å². The number of furan rings is 1. The molecular weight excluding hydrogens is 364 g/mol. The van der Waals surface area contributed by atoms with Gasteiger partial charge in [0.15, 0.2) is 5.76 Å². The molecule has 0 unspecified atom stereocenters. The third-order valence-corrected chi connectivity index (χ3v) is 5.40. The van der Waals surface area contributed by atoms with Gasteiger partial charge in [-0.2, -0.15) is 0 Å². The van der Waals surface area contributed by atoms with E-state index in [0.717, 1.165) is 23.2 Å². The number of carbonyl (C=O) groups is 2. The zero-order chi connectivity index (χ0) is 20.4. The van der Waals surface area contributed by atoms with Crippen LogP contribution in [0.25, 0.3) is 0 Å². The lowest BCUT2D eigenvalue weighted by Crippen LogP contribution is -2.28. The highest BCUT2D eigenvalue weighted by Crippen LogP contribution is 2.33. The fraction of sp³-hybridized carbons (Fsp3) is 0.250. The van der Waals surface area contributed by atoms with Gasteiger partial charge in [0, 0.05) is 24.3 Å². The van der Waals surface area contributed by atoms with E-state index < -0.39 is 0 Å². The summed E-state index contributed by atoms with van der Waals surface area (Å²) in [6, 6.07) is 19.1. The summed E-state index contributed by atoms with van der Waals surface area (Å²) in [4.78, 5) is 27.1. The van der Waals surface area contributed by atoms with Crippen LogP contribution < -0.4 is 10.2 Å². The van der Waals surface area contributed by atoms with Gasteiger partial charge in [0.05, 0.1) is 6.26 Å². The summed E-state index contributed by atoms with van der Waals surface area (Å²) >= 11 is 0. The van der Waals surface area contributed by atoms with Gasteiger partial charge in [-0.1, -0.05) is 50.2 Å². The molecule has 0 atom stereocenters. The van der Waals surface area contributed by atoms with Gasteiger partial charge in [-0.25, -0.2) is 0 Å². The second kappa shape index (κ2) is 7.59. The minimum atomic E-state index is -0.274. The maximum absolute atomic E-state index is 12.7. The molecule has 0 saturated carbocycles. The van der Waals surface area contributed by atoms with Crippen LogP contribution in [0.1, 0.15) is 41.9 Å². The number of amides is 2. The second-order valence-corrected chi connectivity index (χ2v) is 8.00. The van der Waals surface area contributed by atoms with Crippen LogP contribution in [-0.4, -0.2) is 18.4 Å². The van der Waals surface area contributed by atoms with E-state index in [-0.39, 0.29) is 17.2 Å². The largest absolute Gasteiger partial charge is 0.459 e. The van der Waals surface area contributed by atoms with E-state index in [1.165, 1.54) is 6.26 Å². The minimum Gasteiger partial charge on any atom is -0.459 e. The molecule has 0 spiro atoms. The summed E-state index contributed by atoms with van der Waals surface area (Å²) in [5.74, 6) is 0.0973. The molecule has 1 aliphatic heterocycles. The van der Waals surface area contributed by atoms with Gasteiger partial charge in [-0.15, -0.1) is 0 Å². The molecular formula is C24H24N2O3. The number of anilines is 2. The van der Waals surface area contributed by atoms with Gasteiger partial charge in [0.2, 0.25) is 5.91 Å². The number of hydrogen-bond donors (Lipinski definition) is 1. The molecule has 0 aliphatic carbocycles. The lowest BCUT2D eigenvalue weighted by atomic mass is 9.81. The lowest BCUT2D eigenvalue weighted by Gasteiger charge is -2.24. The Labute approximate surface area is 170 Å². The number of fused-ring (bicyclic) bond motifs is 1. The van der Waals surface area contributed by atoms with Crippen LogP contribution >= 0.6 is 0 Å². The number of rotatable bonds is 5. The van der Waals surface area contributed by atoms with Crippen molar-refractivity contribution in [3.8, 4) is 0 Å². The molecule has 0 bridgehead atoms. The van der Waals surface area contributed by atoms with Crippen LogP contribution in [0.5, 0.6) is 0 Å². The first kappa shape index (κ1) is 19.0. The Kier molecular flexibility index (Phi) is 4.97. The van der Waals surface area contributed by atoms with Crippen molar-refractivity contribution in [3.63, 3.8) is 0 Å². The molecule has 148 valence electrons. The lowest BCUT2D eigenvalue weighted by molar-refractivity contribution is -0.117. The van der Waals surface area contributed by atoms with Crippen LogP contribution in [0, 0.1) is 0 Å². The molecule has 3 aromatic rings. The SMILES string of the molecule is CC(C)(CC(=O)Nc1ccc2c(c1)N(C(=O)c1ccco1)CC2)c1ccccc1. The Balaban J connectivity index is 1.49. The van der Waals surface area contributed by atoms with Crippen molar-refractivity contribution in [2.45, 2.75) is 32.1 Å². The molecule has 0 fully saturated rings. The number of nitrogens with zero attached hydrogens (tertiary/aromatic N) is 1. The first-order valence-corrected chi connectivity index (χ1v) is 9.78. The molecule has 2 aromatic carbocycles. The molecule has 2 heterocycles. The zero-order valence-electron chi connectivity index (χ0n) is 16.6. The predicted molar refractivity (Wildman–Crippen MR) is 113 cm³/mol. The normalized spacial score (nSPS) is 13.2. The van der Waals surface area contributed by atoms with E-state index >= 15 is 0 Å². The summed E-state index contributed by atoms with van der Waals surface area (Å²) in [7, 11) is 0. The number of hydrogen-bond acceptors (Lipinski definition) is 3. The Bertz CT molecular complexity index is 1020. The fourth-order valence-corrected chi connectivity index (χ4v) is 3.80. The molecule has 0 radical (unpaired) electrons. The smallest absolute Gasteiger partial charge is 0.293 e. The molecule has 2 amide bonds. The summed E-state index contributed by atoms with van der Waals surface area (Å²) in [6.07, 6.45) is 2.65. The van der Waals surface area contributed by atoms with Crippen molar-refractivity contribution in [2.75, 3.05) is 16.8 Å². The van der Waals surface area contributed by atoms with Crippen LogP contribution in [0.15, 0.2) is 71.3 Å². The quantitative estimate of drug-likeness (QED) is 0.684. The summed E-state index contributed by atoms with van der Waals surface area (Å²) in [5.41, 5.74) is 3.46. The van der Waals surface area contributed by atoms with Crippen molar-refractivity contribution in [3.05, 3.63) is 83.8 Å². The number of carbonyl (C=O) groups excluding carboxylic acids is 2. The molecule has 1 aliphatic rings. The minimum absolute atomic E-state index is 0.0549. The van der Waals surface area contributed by atoms with Crippen molar-refractivity contribution in [1.82, 2.24) is 0 Å². The van der Waals surface area contributed by atoms with E-state index in [1.54, 1.807) is 17.0 Å². The zero-order valence-corrected chi connectivity index (χ0v) is 16.6. The van der Waals surface area contributed by atoms with Gasteiger partial charge < -0.3 is 14.6 Å². The van der Waals surface area contributed by atoms with Gasteiger partial charge in [0.25, 0.3) is 5.91 Å². The predicted octanol–water partition coefficient (Wildman–Crippen LogP) is 4.79. The molecule has 4 rings (SSSR count). The van der Waals surface area contributed by atoms with Crippen LogP contribution in [0.3, 0.4) is 0 Å². The highest BCUT2D eigenvalue weighted by molar-refractivity contribution is 6.06. The van der Waals surface area contributed by atoms with Gasteiger partial charge in [-0.3, -0.25) is 9.59 Å². The van der Waals surface area contributed by atoms with Crippen molar-refractivity contribution in [1.29, 1.82) is 0 Å². The van der Waals surface area contributed by atoms with Gasteiger partial charge >= 0.3 is 0 Å². The van der Waals surface area contributed by atoms with Crippen LogP contribution in [0.4, 0.5) is 11.4 Å². The highest BCUT2D eigenvalue weighted by atomic mass is 16.3.